The van der Waals surface area contributed by atoms with Crippen LogP contribution >= 0.6 is 15.9 Å². The molecule has 1 atom stereocenters. The number of hydrogen-bond acceptors (Lipinski definition) is 3. The predicted molar refractivity (Wildman–Crippen MR) is 77.3 cm³/mol. The van der Waals surface area contributed by atoms with Gasteiger partial charge < -0.3 is 5.73 Å². The van der Waals surface area contributed by atoms with Crippen LogP contribution in [0, 0.1) is 6.92 Å². The van der Waals surface area contributed by atoms with Gasteiger partial charge in [-0.2, -0.15) is 0 Å². The topological polar surface area (TPSA) is 51.8 Å². The highest BCUT2D eigenvalue weighted by Gasteiger charge is 2.07. The van der Waals surface area contributed by atoms with Gasteiger partial charge in [-0.05, 0) is 32.0 Å². The van der Waals surface area contributed by atoms with Crippen LogP contribution in [0.15, 0.2) is 34.8 Å². The summed E-state index contributed by atoms with van der Waals surface area (Å²) in [6, 6.07) is 10.1. The second-order valence-corrected chi connectivity index (χ2v) is 5.43. The van der Waals surface area contributed by atoms with Gasteiger partial charge in [0.25, 0.3) is 0 Å². The third-order valence-electron chi connectivity index (χ3n) is 2.52. The fraction of sp³-hybridized carbons (Fsp3) is 0.286. The molecule has 94 valence electrons. The number of hydrogen-bond donors (Lipinski definition) is 1. The zero-order valence-electron chi connectivity index (χ0n) is 10.5. The Morgan fingerprint density at radius 2 is 2.06 bits per heavy atom. The summed E-state index contributed by atoms with van der Waals surface area (Å²) in [5, 5.41) is 0. The molecule has 1 heterocycles. The number of rotatable bonds is 3. The normalized spacial score (nSPS) is 12.4. The maximum absolute atomic E-state index is 5.82. The summed E-state index contributed by atoms with van der Waals surface area (Å²) < 4.78 is 1.03. The predicted octanol–water partition coefficient (Wildman–Crippen LogP) is 3.10. The van der Waals surface area contributed by atoms with Crippen LogP contribution < -0.4 is 5.73 Å². The lowest BCUT2D eigenvalue weighted by Gasteiger charge is -2.08. The first kappa shape index (κ1) is 13.2. The van der Waals surface area contributed by atoms with Crippen LogP contribution in [0.5, 0.6) is 0 Å². The molecule has 0 aliphatic carbocycles. The lowest BCUT2D eigenvalue weighted by molar-refractivity contribution is 0.719. The lowest BCUT2D eigenvalue weighted by atomic mass is 10.1. The molecular weight excluding hydrogens is 290 g/mol. The van der Waals surface area contributed by atoms with Crippen molar-refractivity contribution in [1.82, 2.24) is 9.97 Å². The molecule has 0 fully saturated rings. The lowest BCUT2D eigenvalue weighted by Crippen LogP contribution is -2.19. The zero-order chi connectivity index (χ0) is 13.1. The number of benzene rings is 1. The van der Waals surface area contributed by atoms with E-state index in [-0.39, 0.29) is 6.04 Å². The molecule has 0 radical (unpaired) electrons. The summed E-state index contributed by atoms with van der Waals surface area (Å²) in [6.45, 7) is 3.96. The van der Waals surface area contributed by atoms with Gasteiger partial charge >= 0.3 is 0 Å². The Balaban J connectivity index is 2.41. The van der Waals surface area contributed by atoms with E-state index in [0.29, 0.717) is 0 Å². The molecule has 3 nitrogen and oxygen atoms in total. The summed E-state index contributed by atoms with van der Waals surface area (Å²) in [6.07, 6.45) is 0.768. The highest BCUT2D eigenvalue weighted by Crippen LogP contribution is 2.20. The molecule has 0 saturated heterocycles. The molecule has 2 rings (SSSR count). The molecule has 0 aliphatic heterocycles. The number of nitrogens with zero attached hydrogens (tertiary/aromatic N) is 2. The molecule has 18 heavy (non-hydrogen) atoms. The van der Waals surface area contributed by atoms with Gasteiger partial charge in [0.15, 0.2) is 5.82 Å². The molecule has 4 heteroatoms. The summed E-state index contributed by atoms with van der Waals surface area (Å²) in [4.78, 5) is 9.05. The zero-order valence-corrected chi connectivity index (χ0v) is 12.1. The van der Waals surface area contributed by atoms with E-state index in [1.165, 1.54) is 0 Å². The SMILES string of the molecule is Cc1cc(CC(C)N)nc(-c2cccc(Br)c2)n1. The van der Waals surface area contributed by atoms with Crippen LogP contribution in [0.4, 0.5) is 0 Å². The average molecular weight is 306 g/mol. The number of aromatic nitrogens is 2. The fourth-order valence-electron chi connectivity index (χ4n) is 1.82. The fourth-order valence-corrected chi connectivity index (χ4v) is 2.22. The van der Waals surface area contributed by atoms with Crippen molar-refractivity contribution in [2.45, 2.75) is 26.3 Å². The first-order valence-corrected chi connectivity index (χ1v) is 6.70. The maximum Gasteiger partial charge on any atom is 0.159 e. The third kappa shape index (κ3) is 3.37. The van der Waals surface area contributed by atoms with Crippen molar-refractivity contribution in [1.29, 1.82) is 0 Å². The number of nitrogens with two attached hydrogens (primary N) is 1. The van der Waals surface area contributed by atoms with Crippen molar-refractivity contribution in [3.8, 4) is 11.4 Å². The smallest absolute Gasteiger partial charge is 0.159 e. The first-order chi connectivity index (χ1) is 8.54. The van der Waals surface area contributed by atoms with E-state index < -0.39 is 0 Å². The Kier molecular flexibility index (Phi) is 4.09. The van der Waals surface area contributed by atoms with E-state index in [1.54, 1.807) is 0 Å². The summed E-state index contributed by atoms with van der Waals surface area (Å²) >= 11 is 3.46. The Morgan fingerprint density at radius 3 is 2.72 bits per heavy atom. The van der Waals surface area contributed by atoms with Crippen molar-refractivity contribution >= 4 is 15.9 Å². The van der Waals surface area contributed by atoms with Crippen molar-refractivity contribution in [2.24, 2.45) is 5.73 Å². The van der Waals surface area contributed by atoms with Gasteiger partial charge in [-0.25, -0.2) is 9.97 Å². The van der Waals surface area contributed by atoms with Crippen molar-refractivity contribution < 1.29 is 0 Å². The first-order valence-electron chi connectivity index (χ1n) is 5.90. The van der Waals surface area contributed by atoms with Crippen LogP contribution in [0.3, 0.4) is 0 Å². The molecule has 1 aromatic carbocycles. The highest BCUT2D eigenvalue weighted by molar-refractivity contribution is 9.10. The Morgan fingerprint density at radius 1 is 1.28 bits per heavy atom. The molecule has 0 saturated carbocycles. The molecule has 2 N–H and O–H groups in total. The molecule has 1 unspecified atom stereocenters. The second-order valence-electron chi connectivity index (χ2n) is 4.52. The Bertz CT molecular complexity index is 552. The third-order valence-corrected chi connectivity index (χ3v) is 3.01. The average Bonchev–Trinajstić information content (AvgIpc) is 2.27. The van der Waals surface area contributed by atoms with Crippen LogP contribution in [0.1, 0.15) is 18.3 Å². The van der Waals surface area contributed by atoms with Crippen LogP contribution in [0.2, 0.25) is 0 Å². The number of aryl methyl sites for hydroxylation is 1. The van der Waals surface area contributed by atoms with E-state index in [0.717, 1.165) is 33.7 Å². The van der Waals surface area contributed by atoms with E-state index in [2.05, 4.69) is 25.9 Å². The summed E-state index contributed by atoms with van der Waals surface area (Å²) in [5.41, 5.74) is 8.79. The van der Waals surface area contributed by atoms with Crippen LogP contribution in [-0.4, -0.2) is 16.0 Å². The van der Waals surface area contributed by atoms with Gasteiger partial charge in [0.1, 0.15) is 0 Å². The maximum atomic E-state index is 5.82. The van der Waals surface area contributed by atoms with Gasteiger partial charge in [-0.3, -0.25) is 0 Å². The van der Waals surface area contributed by atoms with Crippen molar-refractivity contribution in [3.05, 3.63) is 46.2 Å². The van der Waals surface area contributed by atoms with E-state index >= 15 is 0 Å². The minimum Gasteiger partial charge on any atom is -0.328 e. The minimum atomic E-state index is 0.106. The standard InChI is InChI=1S/C14H16BrN3/c1-9(16)6-13-7-10(2)17-14(18-13)11-4-3-5-12(15)8-11/h3-5,7-9H,6,16H2,1-2H3. The van der Waals surface area contributed by atoms with Gasteiger partial charge in [0.2, 0.25) is 0 Å². The molecule has 1 aromatic heterocycles. The Labute approximate surface area is 116 Å². The molecule has 0 spiro atoms. The quantitative estimate of drug-likeness (QED) is 0.948. The van der Waals surface area contributed by atoms with E-state index in [1.807, 2.05) is 44.2 Å². The number of halogens is 1. The van der Waals surface area contributed by atoms with E-state index in [9.17, 15) is 0 Å². The molecular formula is C14H16BrN3. The molecule has 0 amide bonds. The second kappa shape index (κ2) is 5.59. The van der Waals surface area contributed by atoms with Crippen molar-refractivity contribution in [2.75, 3.05) is 0 Å². The molecule has 0 bridgehead atoms. The van der Waals surface area contributed by atoms with Gasteiger partial charge in [0.05, 0.1) is 0 Å². The largest absolute Gasteiger partial charge is 0.328 e. The summed E-state index contributed by atoms with van der Waals surface area (Å²) in [7, 11) is 0. The summed E-state index contributed by atoms with van der Waals surface area (Å²) in [5.74, 6) is 0.756. The monoisotopic (exact) mass is 305 g/mol. The molecule has 0 aliphatic rings. The highest BCUT2D eigenvalue weighted by atomic mass is 79.9. The minimum absolute atomic E-state index is 0.106. The Hall–Kier alpha value is -1.26. The van der Waals surface area contributed by atoms with Gasteiger partial charge in [-0.15, -0.1) is 0 Å². The van der Waals surface area contributed by atoms with Gasteiger partial charge in [0, 0.05) is 33.9 Å². The van der Waals surface area contributed by atoms with Crippen molar-refractivity contribution in [3.63, 3.8) is 0 Å². The molecule has 2 aromatic rings. The van der Waals surface area contributed by atoms with E-state index in [4.69, 9.17) is 5.73 Å². The van der Waals surface area contributed by atoms with Crippen LogP contribution in [-0.2, 0) is 6.42 Å². The van der Waals surface area contributed by atoms with Crippen LogP contribution in [0.25, 0.3) is 11.4 Å². The van der Waals surface area contributed by atoms with Gasteiger partial charge in [-0.1, -0.05) is 28.1 Å².